The molecule has 20 heavy (non-hydrogen) atoms. The zero-order chi connectivity index (χ0) is 13.8. The Bertz CT molecular complexity index is 647. The summed E-state index contributed by atoms with van der Waals surface area (Å²) in [6.07, 6.45) is 3.09. The van der Waals surface area contributed by atoms with E-state index in [0.717, 1.165) is 5.56 Å². The van der Waals surface area contributed by atoms with Crippen LogP contribution in [0.5, 0.6) is 17.2 Å². The van der Waals surface area contributed by atoms with Crippen molar-refractivity contribution in [2.45, 2.75) is 0 Å². The van der Waals surface area contributed by atoms with Crippen molar-refractivity contribution in [1.29, 1.82) is 0 Å². The van der Waals surface area contributed by atoms with Crippen LogP contribution in [0.2, 0.25) is 0 Å². The second kappa shape index (κ2) is 5.48. The van der Waals surface area contributed by atoms with E-state index in [2.05, 4.69) is 0 Å². The monoisotopic (exact) mass is 268 g/mol. The van der Waals surface area contributed by atoms with Gasteiger partial charge in [-0.05, 0) is 23.8 Å². The third-order valence-electron chi connectivity index (χ3n) is 2.77. The Labute approximate surface area is 116 Å². The molecule has 0 saturated carbocycles. The highest BCUT2D eigenvalue weighted by molar-refractivity contribution is 5.88. The summed E-state index contributed by atoms with van der Waals surface area (Å²) in [4.78, 5) is 11.7. The van der Waals surface area contributed by atoms with Gasteiger partial charge in [0.05, 0.1) is 0 Å². The van der Waals surface area contributed by atoms with Crippen LogP contribution in [0, 0.1) is 0 Å². The number of fused-ring (bicyclic) bond motifs is 1. The molecule has 0 unspecified atom stereocenters. The van der Waals surface area contributed by atoms with Crippen molar-refractivity contribution in [1.82, 2.24) is 0 Å². The largest absolute Gasteiger partial charge is 0.454 e. The van der Waals surface area contributed by atoms with E-state index < -0.39 is 5.97 Å². The smallest absolute Gasteiger partial charge is 0.336 e. The number of carbonyl (C=O) groups is 1. The number of carbonyl (C=O) groups excluding carboxylic acids is 1. The van der Waals surface area contributed by atoms with Gasteiger partial charge < -0.3 is 14.2 Å². The van der Waals surface area contributed by atoms with Gasteiger partial charge in [-0.2, -0.15) is 0 Å². The van der Waals surface area contributed by atoms with Crippen LogP contribution in [0.15, 0.2) is 54.6 Å². The molecule has 4 heteroatoms. The fourth-order valence-electron chi connectivity index (χ4n) is 1.82. The molecule has 3 rings (SSSR count). The fourth-order valence-corrected chi connectivity index (χ4v) is 1.82. The second-order valence-corrected chi connectivity index (χ2v) is 4.18. The minimum atomic E-state index is -0.437. The Balaban J connectivity index is 1.66. The Kier molecular flexibility index (Phi) is 3.37. The number of hydrogen-bond donors (Lipinski definition) is 0. The number of benzene rings is 2. The zero-order valence-corrected chi connectivity index (χ0v) is 10.6. The lowest BCUT2D eigenvalue weighted by Crippen LogP contribution is -2.03. The van der Waals surface area contributed by atoms with Gasteiger partial charge in [0.1, 0.15) is 5.75 Å². The van der Waals surface area contributed by atoms with Gasteiger partial charge in [-0.1, -0.05) is 30.3 Å². The predicted octanol–water partition coefficient (Wildman–Crippen LogP) is 3.03. The van der Waals surface area contributed by atoms with Crippen molar-refractivity contribution < 1.29 is 19.0 Å². The zero-order valence-electron chi connectivity index (χ0n) is 10.6. The normalized spacial score (nSPS) is 12.6. The highest BCUT2D eigenvalue weighted by Gasteiger charge is 2.14. The summed E-state index contributed by atoms with van der Waals surface area (Å²) in [6, 6.07) is 14.6. The molecule has 0 fully saturated rings. The molecule has 0 amide bonds. The molecule has 0 atom stereocenters. The summed E-state index contributed by atoms with van der Waals surface area (Å²) in [5, 5.41) is 0. The Morgan fingerprint density at radius 2 is 1.85 bits per heavy atom. The molecular formula is C16H12O4. The summed E-state index contributed by atoms with van der Waals surface area (Å²) in [6.45, 7) is 0.195. The summed E-state index contributed by atoms with van der Waals surface area (Å²) in [7, 11) is 0. The number of rotatable bonds is 3. The molecule has 100 valence electrons. The Hall–Kier alpha value is -2.75. The van der Waals surface area contributed by atoms with Crippen molar-refractivity contribution >= 4 is 12.0 Å². The van der Waals surface area contributed by atoms with E-state index in [4.69, 9.17) is 14.2 Å². The lowest BCUT2D eigenvalue weighted by Gasteiger charge is -2.02. The molecule has 2 aromatic rings. The molecule has 0 N–H and O–H groups in total. The first-order valence-corrected chi connectivity index (χ1v) is 6.16. The van der Waals surface area contributed by atoms with Crippen molar-refractivity contribution in [3.8, 4) is 17.2 Å². The molecule has 0 aromatic heterocycles. The third-order valence-corrected chi connectivity index (χ3v) is 2.77. The Morgan fingerprint density at radius 1 is 1.05 bits per heavy atom. The van der Waals surface area contributed by atoms with Crippen LogP contribution in [-0.2, 0) is 4.79 Å². The molecule has 0 bridgehead atoms. The average Bonchev–Trinajstić information content (AvgIpc) is 2.94. The van der Waals surface area contributed by atoms with E-state index in [1.807, 2.05) is 30.3 Å². The minimum Gasteiger partial charge on any atom is -0.454 e. The molecule has 0 saturated heterocycles. The van der Waals surface area contributed by atoms with Crippen LogP contribution in [0.1, 0.15) is 5.56 Å². The fraction of sp³-hybridized carbons (Fsp3) is 0.0625. The van der Waals surface area contributed by atoms with Crippen molar-refractivity contribution in [3.05, 3.63) is 60.2 Å². The minimum absolute atomic E-state index is 0.195. The third kappa shape index (κ3) is 2.80. The summed E-state index contributed by atoms with van der Waals surface area (Å²) in [5.41, 5.74) is 0.940. The van der Waals surface area contributed by atoms with E-state index in [9.17, 15) is 4.79 Å². The maximum atomic E-state index is 11.7. The topological polar surface area (TPSA) is 44.8 Å². The van der Waals surface area contributed by atoms with Crippen molar-refractivity contribution in [2.24, 2.45) is 0 Å². The van der Waals surface area contributed by atoms with E-state index in [0.29, 0.717) is 17.2 Å². The SMILES string of the molecule is O=C(/C=C/c1ccccc1)Oc1ccc2c(c1)OCO2. The van der Waals surface area contributed by atoms with Gasteiger partial charge in [-0.15, -0.1) is 0 Å². The number of esters is 1. The van der Waals surface area contributed by atoms with Gasteiger partial charge in [-0.25, -0.2) is 4.79 Å². The van der Waals surface area contributed by atoms with E-state index in [1.165, 1.54) is 6.08 Å². The second-order valence-electron chi connectivity index (χ2n) is 4.18. The molecule has 1 aliphatic heterocycles. The average molecular weight is 268 g/mol. The first-order valence-electron chi connectivity index (χ1n) is 6.16. The highest BCUT2D eigenvalue weighted by Crippen LogP contribution is 2.35. The molecular weight excluding hydrogens is 256 g/mol. The van der Waals surface area contributed by atoms with Crippen LogP contribution >= 0.6 is 0 Å². The molecule has 0 spiro atoms. The van der Waals surface area contributed by atoms with Crippen LogP contribution in [-0.4, -0.2) is 12.8 Å². The van der Waals surface area contributed by atoms with E-state index in [-0.39, 0.29) is 6.79 Å². The molecule has 1 aliphatic rings. The van der Waals surface area contributed by atoms with Crippen LogP contribution in [0.25, 0.3) is 6.08 Å². The summed E-state index contributed by atoms with van der Waals surface area (Å²) >= 11 is 0. The van der Waals surface area contributed by atoms with Crippen LogP contribution in [0.4, 0.5) is 0 Å². The van der Waals surface area contributed by atoms with Crippen LogP contribution < -0.4 is 14.2 Å². The summed E-state index contributed by atoms with van der Waals surface area (Å²) in [5.74, 6) is 1.23. The first kappa shape index (κ1) is 12.3. The van der Waals surface area contributed by atoms with E-state index in [1.54, 1.807) is 24.3 Å². The number of ether oxygens (including phenoxy) is 3. The first-order chi connectivity index (χ1) is 9.81. The maximum absolute atomic E-state index is 11.7. The van der Waals surface area contributed by atoms with Crippen LogP contribution in [0.3, 0.4) is 0 Å². The van der Waals surface area contributed by atoms with Gasteiger partial charge in [0.2, 0.25) is 6.79 Å². The van der Waals surface area contributed by atoms with Gasteiger partial charge >= 0.3 is 5.97 Å². The highest BCUT2D eigenvalue weighted by atomic mass is 16.7. The molecule has 1 heterocycles. The van der Waals surface area contributed by atoms with Gasteiger partial charge in [-0.3, -0.25) is 0 Å². The lowest BCUT2D eigenvalue weighted by atomic mass is 10.2. The van der Waals surface area contributed by atoms with Gasteiger partial charge in [0, 0.05) is 12.1 Å². The molecule has 0 radical (unpaired) electrons. The maximum Gasteiger partial charge on any atom is 0.336 e. The number of hydrogen-bond acceptors (Lipinski definition) is 4. The summed E-state index contributed by atoms with van der Waals surface area (Å²) < 4.78 is 15.6. The molecule has 4 nitrogen and oxygen atoms in total. The van der Waals surface area contributed by atoms with Crippen molar-refractivity contribution in [2.75, 3.05) is 6.79 Å². The standard InChI is InChI=1S/C16H12O4/c17-16(9-6-12-4-2-1-3-5-12)20-13-7-8-14-15(10-13)19-11-18-14/h1-10H,11H2/b9-6+. The lowest BCUT2D eigenvalue weighted by molar-refractivity contribution is -0.128. The van der Waals surface area contributed by atoms with Crippen molar-refractivity contribution in [3.63, 3.8) is 0 Å². The molecule has 2 aromatic carbocycles. The molecule has 0 aliphatic carbocycles. The quantitative estimate of drug-likeness (QED) is 0.487. The van der Waals surface area contributed by atoms with E-state index >= 15 is 0 Å². The predicted molar refractivity (Wildman–Crippen MR) is 73.7 cm³/mol. The Morgan fingerprint density at radius 3 is 2.70 bits per heavy atom. The van der Waals surface area contributed by atoms with Gasteiger partial charge in [0.25, 0.3) is 0 Å². The van der Waals surface area contributed by atoms with Gasteiger partial charge in [0.15, 0.2) is 11.5 Å².